The van der Waals surface area contributed by atoms with Gasteiger partial charge in [-0.2, -0.15) is 0 Å². The third-order valence-electron chi connectivity index (χ3n) is 3.65. The summed E-state index contributed by atoms with van der Waals surface area (Å²) in [4.78, 5) is 4.53. The minimum absolute atomic E-state index is 0.266. The van der Waals surface area contributed by atoms with Crippen molar-refractivity contribution in [1.82, 2.24) is 4.98 Å². The lowest BCUT2D eigenvalue weighted by Gasteiger charge is -2.32. The van der Waals surface area contributed by atoms with Crippen LogP contribution in [0.3, 0.4) is 0 Å². The predicted molar refractivity (Wildman–Crippen MR) is 71.9 cm³/mol. The molecule has 1 saturated heterocycles. The van der Waals surface area contributed by atoms with E-state index in [4.69, 9.17) is 9.31 Å². The first kappa shape index (κ1) is 13.1. The van der Waals surface area contributed by atoms with Crippen LogP contribution >= 0.6 is 11.3 Å². The number of thiazole rings is 1. The number of aromatic nitrogens is 1. The normalized spacial score (nSPS) is 22.1. The van der Waals surface area contributed by atoms with E-state index < -0.39 is 0 Å². The molecule has 0 N–H and O–H groups in total. The Morgan fingerprint density at radius 1 is 1.18 bits per heavy atom. The van der Waals surface area contributed by atoms with Gasteiger partial charge in [-0.25, -0.2) is 4.98 Å². The second kappa shape index (κ2) is 4.07. The van der Waals surface area contributed by atoms with Crippen LogP contribution in [0.2, 0.25) is 0 Å². The van der Waals surface area contributed by atoms with Gasteiger partial charge in [0.15, 0.2) is 0 Å². The minimum atomic E-state index is -0.277. The molecule has 1 aliphatic rings. The molecule has 1 aromatic rings. The summed E-state index contributed by atoms with van der Waals surface area (Å²) >= 11 is 1.70. The van der Waals surface area contributed by atoms with E-state index in [1.54, 1.807) is 11.3 Å². The largest absolute Gasteiger partial charge is 0.507 e. The molecule has 0 atom stereocenters. The summed E-state index contributed by atoms with van der Waals surface area (Å²) in [6, 6.07) is 0. The Morgan fingerprint density at radius 2 is 1.71 bits per heavy atom. The lowest BCUT2D eigenvalue weighted by molar-refractivity contribution is 0.00578. The zero-order valence-electron chi connectivity index (χ0n) is 11.5. The maximum absolute atomic E-state index is 6.04. The monoisotopic (exact) mass is 253 g/mol. The van der Waals surface area contributed by atoms with Crippen molar-refractivity contribution in [2.45, 2.75) is 59.2 Å². The number of nitrogens with zero attached hydrogens (tertiary/aromatic N) is 1. The maximum atomic E-state index is 6.04. The standard InChI is InChI=1S/C12H20BNO2S/c1-7-9-14-8(2)10(17-9)13-15-11(3,4)12(5,6)16-13/h7H2,1-6H3. The Bertz CT molecular complexity index is 412. The van der Waals surface area contributed by atoms with E-state index in [9.17, 15) is 0 Å². The molecular formula is C12H20BNO2S. The Balaban J connectivity index is 2.28. The molecule has 2 rings (SSSR count). The van der Waals surface area contributed by atoms with Crippen molar-refractivity contribution < 1.29 is 9.31 Å². The van der Waals surface area contributed by atoms with Gasteiger partial charge >= 0.3 is 7.12 Å². The van der Waals surface area contributed by atoms with Crippen molar-refractivity contribution >= 4 is 23.2 Å². The molecule has 5 heteroatoms. The molecule has 3 nitrogen and oxygen atoms in total. The van der Waals surface area contributed by atoms with Crippen LogP contribution in [0.5, 0.6) is 0 Å². The summed E-state index contributed by atoms with van der Waals surface area (Å²) in [7, 11) is -0.266. The first-order chi connectivity index (χ1) is 7.77. The Kier molecular flexibility index (Phi) is 3.13. The van der Waals surface area contributed by atoms with Gasteiger partial charge < -0.3 is 9.31 Å². The van der Waals surface area contributed by atoms with Gasteiger partial charge in [0.1, 0.15) is 0 Å². The quantitative estimate of drug-likeness (QED) is 0.758. The van der Waals surface area contributed by atoms with Gasteiger partial charge in [0.2, 0.25) is 0 Å². The summed E-state index contributed by atoms with van der Waals surface area (Å²) < 4.78 is 13.2. The van der Waals surface area contributed by atoms with Crippen LogP contribution in [0.25, 0.3) is 0 Å². The zero-order valence-corrected chi connectivity index (χ0v) is 12.3. The van der Waals surface area contributed by atoms with Gasteiger partial charge in [-0.1, -0.05) is 6.92 Å². The molecular weight excluding hydrogens is 233 g/mol. The van der Waals surface area contributed by atoms with Gasteiger partial charge in [0, 0.05) is 5.69 Å². The van der Waals surface area contributed by atoms with Crippen molar-refractivity contribution in [2.75, 3.05) is 0 Å². The van der Waals surface area contributed by atoms with E-state index in [0.29, 0.717) is 0 Å². The minimum Gasteiger partial charge on any atom is -0.399 e. The summed E-state index contributed by atoms with van der Waals surface area (Å²) in [5.41, 5.74) is 0.478. The number of rotatable bonds is 2. The fourth-order valence-electron chi connectivity index (χ4n) is 1.79. The van der Waals surface area contributed by atoms with Crippen LogP contribution in [-0.2, 0) is 15.7 Å². The van der Waals surface area contributed by atoms with Crippen molar-refractivity contribution in [2.24, 2.45) is 0 Å². The molecule has 17 heavy (non-hydrogen) atoms. The van der Waals surface area contributed by atoms with Gasteiger partial charge in [-0.15, -0.1) is 11.3 Å². The first-order valence-corrected chi connectivity index (χ1v) is 6.90. The van der Waals surface area contributed by atoms with Gasteiger partial charge in [-0.05, 0) is 41.0 Å². The Labute approximate surface area is 108 Å². The fraction of sp³-hybridized carbons (Fsp3) is 0.750. The van der Waals surface area contributed by atoms with Crippen LogP contribution in [-0.4, -0.2) is 23.3 Å². The molecule has 0 aliphatic carbocycles. The van der Waals surface area contributed by atoms with Gasteiger partial charge in [0.25, 0.3) is 0 Å². The van der Waals surface area contributed by atoms with Crippen molar-refractivity contribution in [3.8, 4) is 0 Å². The number of hydrogen-bond acceptors (Lipinski definition) is 4. The summed E-state index contributed by atoms with van der Waals surface area (Å²) in [5.74, 6) is 0. The SMILES string of the molecule is CCc1nc(C)c(B2OC(C)(C)C(C)(C)O2)s1. The highest BCUT2D eigenvalue weighted by Crippen LogP contribution is 2.37. The third-order valence-corrected chi connectivity index (χ3v) is 4.97. The lowest BCUT2D eigenvalue weighted by atomic mass is 9.86. The molecule has 0 unspecified atom stereocenters. The van der Waals surface area contributed by atoms with Crippen molar-refractivity contribution in [3.63, 3.8) is 0 Å². The van der Waals surface area contributed by atoms with Crippen LogP contribution in [0.4, 0.5) is 0 Å². The van der Waals surface area contributed by atoms with Crippen LogP contribution in [0.1, 0.15) is 45.3 Å². The second-order valence-electron chi connectivity index (χ2n) is 5.50. The molecule has 0 aromatic carbocycles. The van der Waals surface area contributed by atoms with Crippen molar-refractivity contribution in [1.29, 1.82) is 0 Å². The van der Waals surface area contributed by atoms with Gasteiger partial charge in [-0.3, -0.25) is 0 Å². The predicted octanol–water partition coefficient (Wildman–Crippen LogP) is 2.31. The molecule has 1 aromatic heterocycles. The van der Waals surface area contributed by atoms with Crippen LogP contribution in [0, 0.1) is 6.92 Å². The summed E-state index contributed by atoms with van der Waals surface area (Å²) in [6.45, 7) is 12.4. The molecule has 0 amide bonds. The average Bonchev–Trinajstić information content (AvgIpc) is 2.66. The van der Waals surface area contributed by atoms with Gasteiger partial charge in [0.05, 0.1) is 21.0 Å². The van der Waals surface area contributed by atoms with E-state index in [-0.39, 0.29) is 18.3 Å². The number of aryl methyl sites for hydroxylation is 2. The average molecular weight is 253 g/mol. The molecule has 0 spiro atoms. The number of hydrogen-bond donors (Lipinski definition) is 0. The highest BCUT2D eigenvalue weighted by Gasteiger charge is 2.52. The Morgan fingerprint density at radius 3 is 2.12 bits per heavy atom. The van der Waals surface area contributed by atoms with E-state index in [1.165, 1.54) is 0 Å². The molecule has 0 saturated carbocycles. The van der Waals surface area contributed by atoms with Crippen LogP contribution in [0.15, 0.2) is 0 Å². The molecule has 1 fully saturated rings. The molecule has 94 valence electrons. The molecule has 2 heterocycles. The highest BCUT2D eigenvalue weighted by molar-refractivity contribution is 7.22. The Hall–Kier alpha value is -0.385. The van der Waals surface area contributed by atoms with E-state index >= 15 is 0 Å². The summed E-state index contributed by atoms with van der Waals surface area (Å²) in [5, 5.41) is 1.15. The summed E-state index contributed by atoms with van der Waals surface area (Å²) in [6.07, 6.45) is 0.963. The zero-order chi connectivity index (χ0) is 12.8. The first-order valence-electron chi connectivity index (χ1n) is 6.08. The highest BCUT2D eigenvalue weighted by atomic mass is 32.1. The molecule has 0 radical (unpaired) electrons. The van der Waals surface area contributed by atoms with E-state index in [1.807, 2.05) is 6.92 Å². The topological polar surface area (TPSA) is 31.4 Å². The third kappa shape index (κ3) is 2.16. The van der Waals surface area contributed by atoms with E-state index in [0.717, 1.165) is 21.9 Å². The van der Waals surface area contributed by atoms with Crippen molar-refractivity contribution in [3.05, 3.63) is 10.7 Å². The fourth-order valence-corrected chi connectivity index (χ4v) is 2.75. The smallest absolute Gasteiger partial charge is 0.399 e. The second-order valence-corrected chi connectivity index (χ2v) is 6.61. The molecule has 1 aliphatic heterocycles. The van der Waals surface area contributed by atoms with E-state index in [2.05, 4.69) is 39.6 Å². The lowest BCUT2D eigenvalue weighted by Crippen LogP contribution is -2.41. The molecule has 0 bridgehead atoms. The van der Waals surface area contributed by atoms with Crippen LogP contribution < -0.4 is 4.78 Å². The maximum Gasteiger partial charge on any atom is 0.507 e.